The van der Waals surface area contributed by atoms with Crippen LogP contribution in [0.5, 0.6) is 0 Å². The molecular weight excluding hydrogens is 383 g/mol. The Kier molecular flexibility index (Phi) is 6.00. The van der Waals surface area contributed by atoms with Crippen molar-refractivity contribution in [3.05, 3.63) is 59.4 Å². The van der Waals surface area contributed by atoms with Crippen molar-refractivity contribution in [1.82, 2.24) is 4.90 Å². The molecule has 0 spiro atoms. The van der Waals surface area contributed by atoms with Crippen LogP contribution < -0.4 is 4.72 Å². The van der Waals surface area contributed by atoms with Crippen molar-refractivity contribution in [2.24, 2.45) is 5.92 Å². The molecule has 1 saturated heterocycles. The molecule has 1 fully saturated rings. The highest BCUT2D eigenvalue weighted by Gasteiger charge is 2.23. The second kappa shape index (κ2) is 8.28. The number of nitrogens with one attached hydrogen (secondary N) is 1. The third-order valence-electron chi connectivity index (χ3n) is 4.92. The Labute approximate surface area is 164 Å². The number of aryl methyl sites for hydroxylation is 1. The molecule has 6 nitrogen and oxygen atoms in total. The molecule has 1 heterocycles. The lowest BCUT2D eigenvalue weighted by Gasteiger charge is -2.31. The number of aliphatic hydroxyl groups is 1. The van der Waals surface area contributed by atoms with E-state index < -0.39 is 20.7 Å². The Morgan fingerprint density at radius 2 is 1.82 bits per heavy atom. The first-order valence-corrected chi connectivity index (χ1v) is 10.6. The van der Waals surface area contributed by atoms with Gasteiger partial charge in [0.15, 0.2) is 0 Å². The predicted octanol–water partition coefficient (Wildman–Crippen LogP) is 2.78. The van der Waals surface area contributed by atoms with E-state index in [4.69, 9.17) is 0 Å². The number of carbonyl (C=O) groups is 1. The van der Waals surface area contributed by atoms with Gasteiger partial charge in [-0.25, -0.2) is 12.8 Å². The number of likely N-dealkylation sites (tertiary alicyclic amines) is 1. The maximum Gasteiger partial charge on any atom is 0.264 e. The van der Waals surface area contributed by atoms with Crippen molar-refractivity contribution in [2.75, 3.05) is 24.4 Å². The van der Waals surface area contributed by atoms with Gasteiger partial charge >= 0.3 is 0 Å². The van der Waals surface area contributed by atoms with Crippen LogP contribution in [0.15, 0.2) is 47.4 Å². The average Bonchev–Trinajstić information content (AvgIpc) is 2.67. The molecule has 2 aromatic rings. The fraction of sp³-hybridized carbons (Fsp3) is 0.350. The van der Waals surface area contributed by atoms with Crippen molar-refractivity contribution in [3.63, 3.8) is 0 Å². The molecule has 0 bridgehead atoms. The fourth-order valence-corrected chi connectivity index (χ4v) is 4.34. The summed E-state index contributed by atoms with van der Waals surface area (Å²) in [5, 5.41) is 9.19. The minimum atomic E-state index is -4.07. The highest BCUT2D eigenvalue weighted by molar-refractivity contribution is 7.92. The minimum absolute atomic E-state index is 0.129. The molecule has 2 aromatic carbocycles. The first kappa shape index (κ1) is 20.3. The number of benzene rings is 2. The van der Waals surface area contributed by atoms with Crippen LogP contribution in [0, 0.1) is 18.7 Å². The van der Waals surface area contributed by atoms with Gasteiger partial charge in [-0.05, 0) is 67.6 Å². The van der Waals surface area contributed by atoms with E-state index in [1.165, 1.54) is 24.3 Å². The molecule has 0 aromatic heterocycles. The van der Waals surface area contributed by atoms with E-state index in [1.807, 2.05) is 0 Å². The summed E-state index contributed by atoms with van der Waals surface area (Å²) >= 11 is 0. The lowest BCUT2D eigenvalue weighted by atomic mass is 9.97. The number of hydrogen-bond acceptors (Lipinski definition) is 4. The van der Waals surface area contributed by atoms with Crippen molar-refractivity contribution in [2.45, 2.75) is 24.7 Å². The molecule has 0 aliphatic carbocycles. The number of hydrogen-bond donors (Lipinski definition) is 2. The number of anilines is 1. The standard InChI is InChI=1S/C20H23FN2O4S/c1-14-2-7-19(18(21)12-14)28(26,27)22-17-5-3-16(4-6-17)20(25)23-10-8-15(13-24)9-11-23/h2-7,12,15,22,24H,8-11,13H2,1H3. The topological polar surface area (TPSA) is 86.7 Å². The zero-order valence-corrected chi connectivity index (χ0v) is 16.4. The summed E-state index contributed by atoms with van der Waals surface area (Å²) < 4.78 is 41.2. The molecule has 0 unspecified atom stereocenters. The number of sulfonamides is 1. The van der Waals surface area contributed by atoms with Crippen LogP contribution in [-0.2, 0) is 10.0 Å². The number of amides is 1. The van der Waals surface area contributed by atoms with Gasteiger partial charge in [0.2, 0.25) is 0 Å². The van der Waals surface area contributed by atoms with Crippen LogP contribution in [-0.4, -0.2) is 44.0 Å². The SMILES string of the molecule is Cc1ccc(S(=O)(=O)Nc2ccc(C(=O)N3CCC(CO)CC3)cc2)c(F)c1. The van der Waals surface area contributed by atoms with Gasteiger partial charge in [-0.1, -0.05) is 6.07 Å². The average molecular weight is 406 g/mol. The number of aliphatic hydroxyl groups excluding tert-OH is 1. The lowest BCUT2D eigenvalue weighted by Crippen LogP contribution is -2.39. The van der Waals surface area contributed by atoms with Crippen LogP contribution in [0.2, 0.25) is 0 Å². The zero-order valence-electron chi connectivity index (χ0n) is 15.6. The third kappa shape index (κ3) is 4.51. The summed E-state index contributed by atoms with van der Waals surface area (Å²) in [6.45, 7) is 2.99. The second-order valence-corrected chi connectivity index (χ2v) is 8.69. The van der Waals surface area contributed by atoms with Crippen molar-refractivity contribution < 1.29 is 22.7 Å². The highest BCUT2D eigenvalue weighted by Crippen LogP contribution is 2.22. The van der Waals surface area contributed by atoms with Gasteiger partial charge in [-0.2, -0.15) is 0 Å². The van der Waals surface area contributed by atoms with Crippen molar-refractivity contribution >= 4 is 21.6 Å². The molecule has 1 aliphatic heterocycles. The van der Waals surface area contributed by atoms with Gasteiger partial charge in [-0.3, -0.25) is 9.52 Å². The Bertz CT molecular complexity index is 953. The van der Waals surface area contributed by atoms with Crippen molar-refractivity contribution in [3.8, 4) is 0 Å². The van der Waals surface area contributed by atoms with Gasteiger partial charge < -0.3 is 10.0 Å². The minimum Gasteiger partial charge on any atom is -0.396 e. The molecule has 0 atom stereocenters. The smallest absolute Gasteiger partial charge is 0.264 e. The Balaban J connectivity index is 1.69. The monoisotopic (exact) mass is 406 g/mol. The molecule has 3 rings (SSSR count). The number of rotatable bonds is 5. The Morgan fingerprint density at radius 3 is 2.39 bits per heavy atom. The van der Waals surface area contributed by atoms with Crippen LogP contribution in [0.3, 0.4) is 0 Å². The molecule has 28 heavy (non-hydrogen) atoms. The summed E-state index contributed by atoms with van der Waals surface area (Å²) in [4.78, 5) is 13.9. The number of piperidine rings is 1. The van der Waals surface area contributed by atoms with E-state index in [0.717, 1.165) is 18.9 Å². The van der Waals surface area contributed by atoms with Gasteiger partial charge in [0.05, 0.1) is 0 Å². The van der Waals surface area contributed by atoms with Crippen molar-refractivity contribution in [1.29, 1.82) is 0 Å². The Morgan fingerprint density at radius 1 is 1.18 bits per heavy atom. The normalized spacial score (nSPS) is 15.5. The van der Waals surface area contributed by atoms with E-state index in [9.17, 15) is 22.7 Å². The zero-order chi connectivity index (χ0) is 20.3. The van der Waals surface area contributed by atoms with Crippen LogP contribution >= 0.6 is 0 Å². The first-order chi connectivity index (χ1) is 13.3. The molecule has 0 saturated carbocycles. The van der Waals surface area contributed by atoms with E-state index in [-0.39, 0.29) is 24.1 Å². The predicted molar refractivity (Wildman–Crippen MR) is 104 cm³/mol. The van der Waals surface area contributed by atoms with Crippen LogP contribution in [0.4, 0.5) is 10.1 Å². The number of nitrogens with zero attached hydrogens (tertiary/aromatic N) is 1. The summed E-state index contributed by atoms with van der Waals surface area (Å²) in [6, 6.07) is 9.97. The maximum atomic E-state index is 14.0. The van der Waals surface area contributed by atoms with Crippen LogP contribution in [0.1, 0.15) is 28.8 Å². The maximum absolute atomic E-state index is 14.0. The fourth-order valence-electron chi connectivity index (χ4n) is 3.22. The second-order valence-electron chi connectivity index (χ2n) is 7.03. The molecule has 1 amide bonds. The Hall–Kier alpha value is -2.45. The van der Waals surface area contributed by atoms with Crippen LogP contribution in [0.25, 0.3) is 0 Å². The van der Waals surface area contributed by atoms with E-state index in [0.29, 0.717) is 24.2 Å². The van der Waals surface area contributed by atoms with E-state index in [2.05, 4.69) is 4.72 Å². The van der Waals surface area contributed by atoms with Gasteiger partial charge in [-0.15, -0.1) is 0 Å². The van der Waals surface area contributed by atoms with Gasteiger partial charge in [0.1, 0.15) is 10.7 Å². The summed E-state index contributed by atoms with van der Waals surface area (Å²) in [6.07, 6.45) is 1.53. The first-order valence-electron chi connectivity index (χ1n) is 9.09. The molecular formula is C20H23FN2O4S. The number of carbonyl (C=O) groups excluding carboxylic acids is 1. The summed E-state index contributed by atoms with van der Waals surface area (Å²) in [5.41, 5.74) is 1.32. The van der Waals surface area contributed by atoms with Gasteiger partial charge in [0, 0.05) is 30.9 Å². The number of halogens is 1. The molecule has 8 heteroatoms. The van der Waals surface area contributed by atoms with Gasteiger partial charge in [0.25, 0.3) is 15.9 Å². The molecule has 150 valence electrons. The lowest BCUT2D eigenvalue weighted by molar-refractivity contribution is 0.0651. The third-order valence-corrected chi connectivity index (χ3v) is 6.34. The molecule has 0 radical (unpaired) electrons. The molecule has 2 N–H and O–H groups in total. The largest absolute Gasteiger partial charge is 0.396 e. The highest BCUT2D eigenvalue weighted by atomic mass is 32.2. The van der Waals surface area contributed by atoms with E-state index >= 15 is 0 Å². The summed E-state index contributed by atoms with van der Waals surface area (Å²) in [7, 11) is -4.07. The van der Waals surface area contributed by atoms with E-state index in [1.54, 1.807) is 24.0 Å². The summed E-state index contributed by atoms with van der Waals surface area (Å²) in [5.74, 6) is -0.705. The molecule has 1 aliphatic rings. The quantitative estimate of drug-likeness (QED) is 0.799.